The van der Waals surface area contributed by atoms with E-state index in [2.05, 4.69) is 63.0 Å². The van der Waals surface area contributed by atoms with Gasteiger partial charge < -0.3 is 15.2 Å². The summed E-state index contributed by atoms with van der Waals surface area (Å²) in [5.74, 6) is 1.95. The fraction of sp³-hybridized carbons (Fsp3) is 0.471. The lowest BCUT2D eigenvalue weighted by Crippen LogP contribution is -2.41. The molecule has 0 aliphatic heterocycles. The number of aromatic nitrogens is 2. The Kier molecular flexibility index (Phi) is 6.59. The van der Waals surface area contributed by atoms with Crippen LogP contribution in [0.2, 0.25) is 0 Å². The van der Waals surface area contributed by atoms with E-state index in [0.29, 0.717) is 18.3 Å². The predicted octanol–water partition coefficient (Wildman–Crippen LogP) is 2.78. The molecule has 0 saturated heterocycles. The lowest BCUT2D eigenvalue weighted by molar-refractivity contribution is 0.387. The number of hydrogen-bond donors (Lipinski definition) is 2. The molecular formula is C17H24IN5O. The average Bonchev–Trinajstić information content (AvgIpc) is 3.26. The lowest BCUT2D eigenvalue weighted by atomic mass is 9.96. The number of rotatable bonds is 6. The Morgan fingerprint density at radius 1 is 1.25 bits per heavy atom. The van der Waals surface area contributed by atoms with Gasteiger partial charge in [-0.2, -0.15) is 4.98 Å². The van der Waals surface area contributed by atoms with E-state index in [9.17, 15) is 0 Å². The van der Waals surface area contributed by atoms with Crippen LogP contribution in [0.3, 0.4) is 0 Å². The summed E-state index contributed by atoms with van der Waals surface area (Å²) in [7, 11) is 0. The van der Waals surface area contributed by atoms with Crippen LogP contribution in [-0.2, 0) is 12.0 Å². The monoisotopic (exact) mass is 441 g/mol. The molecule has 0 amide bonds. The normalized spacial score (nSPS) is 15.5. The minimum atomic E-state index is 0. The van der Waals surface area contributed by atoms with Crippen LogP contribution in [0.15, 0.2) is 39.8 Å². The fourth-order valence-corrected chi connectivity index (χ4v) is 2.66. The highest BCUT2D eigenvalue weighted by Gasteiger charge is 2.43. The molecule has 3 rings (SSSR count). The average molecular weight is 441 g/mol. The molecule has 1 aliphatic rings. The Hall–Kier alpha value is -1.64. The summed E-state index contributed by atoms with van der Waals surface area (Å²) in [6, 6.07) is 10.7. The van der Waals surface area contributed by atoms with Gasteiger partial charge in [-0.3, -0.25) is 0 Å². The molecule has 2 aromatic rings. The van der Waals surface area contributed by atoms with Gasteiger partial charge in [0, 0.05) is 25.4 Å². The van der Waals surface area contributed by atoms with Crippen LogP contribution in [0.4, 0.5) is 0 Å². The topological polar surface area (TPSA) is 75.3 Å². The van der Waals surface area contributed by atoms with Gasteiger partial charge in [-0.15, -0.1) is 24.0 Å². The summed E-state index contributed by atoms with van der Waals surface area (Å²) in [6.07, 6.45) is 2.43. The first kappa shape index (κ1) is 18.7. The van der Waals surface area contributed by atoms with Crippen LogP contribution in [-0.4, -0.2) is 29.2 Å². The molecule has 7 heteroatoms. The summed E-state index contributed by atoms with van der Waals surface area (Å²) in [4.78, 5) is 8.70. The molecule has 0 atom stereocenters. The van der Waals surface area contributed by atoms with E-state index in [0.717, 1.165) is 19.0 Å². The molecule has 24 heavy (non-hydrogen) atoms. The quantitative estimate of drug-likeness (QED) is 0.410. The van der Waals surface area contributed by atoms with Gasteiger partial charge in [0.2, 0.25) is 5.89 Å². The second-order valence-electron chi connectivity index (χ2n) is 5.92. The molecular weight excluding hydrogens is 417 g/mol. The molecule has 0 spiro atoms. The van der Waals surface area contributed by atoms with E-state index < -0.39 is 0 Å². The van der Waals surface area contributed by atoms with Gasteiger partial charge in [-0.1, -0.05) is 35.5 Å². The van der Waals surface area contributed by atoms with Gasteiger partial charge in [0.25, 0.3) is 0 Å². The first-order valence-electron chi connectivity index (χ1n) is 8.09. The zero-order chi connectivity index (χ0) is 16.1. The lowest BCUT2D eigenvalue weighted by Gasteiger charge is -2.18. The Morgan fingerprint density at radius 2 is 2.00 bits per heavy atom. The first-order valence-corrected chi connectivity index (χ1v) is 8.09. The zero-order valence-corrected chi connectivity index (χ0v) is 16.4. The number of nitrogens with zero attached hydrogens (tertiary/aromatic N) is 3. The largest absolute Gasteiger partial charge is 0.357 e. The number of halogens is 1. The Balaban J connectivity index is 0.00000208. The molecule has 6 nitrogen and oxygen atoms in total. The minimum absolute atomic E-state index is 0. The summed E-state index contributed by atoms with van der Waals surface area (Å²) in [5.41, 5.74) is 1.65. The second-order valence-corrected chi connectivity index (χ2v) is 5.92. The van der Waals surface area contributed by atoms with Gasteiger partial charge in [0.15, 0.2) is 11.8 Å². The molecule has 1 aromatic heterocycles. The molecule has 1 aromatic carbocycles. The highest BCUT2D eigenvalue weighted by atomic mass is 127. The van der Waals surface area contributed by atoms with Crippen molar-refractivity contribution in [1.82, 2.24) is 20.8 Å². The standard InChI is InChI=1S/C17H23N5O.HI/c1-3-18-16(19-11-15-21-13(2)23-22-15)20-12-17(9-10-17)14-7-5-4-6-8-14;/h4-8H,3,9-12H2,1-2H3,(H2,18,19,20);1H. The van der Waals surface area contributed by atoms with Crippen molar-refractivity contribution in [1.29, 1.82) is 0 Å². The third kappa shape index (κ3) is 4.68. The van der Waals surface area contributed by atoms with E-state index in [1.807, 2.05) is 0 Å². The smallest absolute Gasteiger partial charge is 0.223 e. The second kappa shape index (κ2) is 8.46. The van der Waals surface area contributed by atoms with Crippen molar-refractivity contribution in [2.75, 3.05) is 13.1 Å². The number of hydrogen-bond acceptors (Lipinski definition) is 4. The number of nitrogens with one attached hydrogen (secondary N) is 2. The van der Waals surface area contributed by atoms with Crippen LogP contribution < -0.4 is 10.6 Å². The van der Waals surface area contributed by atoms with Crippen molar-refractivity contribution < 1.29 is 4.52 Å². The van der Waals surface area contributed by atoms with Crippen molar-refractivity contribution in [3.8, 4) is 0 Å². The van der Waals surface area contributed by atoms with Crippen LogP contribution in [0.1, 0.15) is 37.0 Å². The third-order valence-electron chi connectivity index (χ3n) is 4.13. The molecule has 0 radical (unpaired) electrons. The van der Waals surface area contributed by atoms with Crippen LogP contribution >= 0.6 is 24.0 Å². The van der Waals surface area contributed by atoms with Crippen molar-refractivity contribution in [3.05, 3.63) is 47.6 Å². The molecule has 130 valence electrons. The molecule has 1 heterocycles. The van der Waals surface area contributed by atoms with Gasteiger partial charge in [-0.05, 0) is 25.3 Å². The SMILES string of the molecule is CCNC(=NCc1noc(C)n1)NCC1(c2ccccc2)CC1.I. The van der Waals surface area contributed by atoms with Crippen LogP contribution in [0.25, 0.3) is 0 Å². The van der Waals surface area contributed by atoms with Crippen molar-refractivity contribution in [2.45, 2.75) is 38.6 Å². The van der Waals surface area contributed by atoms with E-state index >= 15 is 0 Å². The third-order valence-corrected chi connectivity index (χ3v) is 4.13. The summed E-state index contributed by atoms with van der Waals surface area (Å²) in [6.45, 7) is 5.94. The maximum Gasteiger partial charge on any atom is 0.223 e. The highest BCUT2D eigenvalue weighted by Crippen LogP contribution is 2.47. The molecule has 1 fully saturated rings. The number of guanidine groups is 1. The van der Waals surface area contributed by atoms with Crippen molar-refractivity contribution in [3.63, 3.8) is 0 Å². The zero-order valence-electron chi connectivity index (χ0n) is 14.1. The van der Waals surface area contributed by atoms with Crippen molar-refractivity contribution in [2.24, 2.45) is 4.99 Å². The van der Waals surface area contributed by atoms with Gasteiger partial charge in [0.1, 0.15) is 6.54 Å². The van der Waals surface area contributed by atoms with Gasteiger partial charge in [-0.25, -0.2) is 4.99 Å². The van der Waals surface area contributed by atoms with Gasteiger partial charge in [0.05, 0.1) is 0 Å². The number of aryl methyl sites for hydroxylation is 1. The molecule has 0 bridgehead atoms. The summed E-state index contributed by atoms with van der Waals surface area (Å²) >= 11 is 0. The summed E-state index contributed by atoms with van der Waals surface area (Å²) in [5, 5.41) is 10.6. The Labute approximate surface area is 159 Å². The van der Waals surface area contributed by atoms with Crippen molar-refractivity contribution >= 4 is 29.9 Å². The highest BCUT2D eigenvalue weighted by molar-refractivity contribution is 14.0. The van der Waals surface area contributed by atoms with E-state index in [1.54, 1.807) is 6.92 Å². The molecule has 1 aliphatic carbocycles. The molecule has 0 unspecified atom stereocenters. The number of benzene rings is 1. The Bertz CT molecular complexity index is 667. The van der Waals surface area contributed by atoms with E-state index in [1.165, 1.54) is 18.4 Å². The maximum atomic E-state index is 4.97. The maximum absolute atomic E-state index is 4.97. The van der Waals surface area contributed by atoms with E-state index in [4.69, 9.17) is 4.52 Å². The minimum Gasteiger partial charge on any atom is -0.357 e. The number of aliphatic imine (C=N–C) groups is 1. The predicted molar refractivity (Wildman–Crippen MR) is 105 cm³/mol. The first-order chi connectivity index (χ1) is 11.2. The molecule has 1 saturated carbocycles. The van der Waals surface area contributed by atoms with Crippen LogP contribution in [0, 0.1) is 6.92 Å². The fourth-order valence-electron chi connectivity index (χ4n) is 2.66. The van der Waals surface area contributed by atoms with E-state index in [-0.39, 0.29) is 29.4 Å². The molecule has 2 N–H and O–H groups in total. The van der Waals surface area contributed by atoms with Gasteiger partial charge >= 0.3 is 0 Å². The summed E-state index contributed by atoms with van der Waals surface area (Å²) < 4.78 is 4.97. The van der Waals surface area contributed by atoms with Crippen LogP contribution in [0.5, 0.6) is 0 Å². The Morgan fingerprint density at radius 3 is 2.58 bits per heavy atom.